The quantitative estimate of drug-likeness (QED) is 0.126. The van der Waals surface area contributed by atoms with E-state index in [4.69, 9.17) is 11.5 Å². The molecule has 15 heteroatoms. The topological polar surface area (TPSA) is 251 Å². The smallest absolute Gasteiger partial charge is 0.326 e. The van der Waals surface area contributed by atoms with Crippen molar-refractivity contribution < 1.29 is 29.1 Å². The van der Waals surface area contributed by atoms with E-state index in [0.717, 1.165) is 0 Å². The zero-order valence-corrected chi connectivity index (χ0v) is 20.6. The Kier molecular flexibility index (Phi) is 10.7. The molecule has 0 bridgehead atoms. The number of aromatic amines is 2. The van der Waals surface area contributed by atoms with Gasteiger partial charge in [-0.05, 0) is 5.92 Å². The molecular formula is C22H33N9O6. The maximum absolute atomic E-state index is 13.3. The van der Waals surface area contributed by atoms with E-state index < -0.39 is 66.1 Å². The average molecular weight is 520 g/mol. The first-order valence-electron chi connectivity index (χ1n) is 11.6. The summed E-state index contributed by atoms with van der Waals surface area (Å²) in [5.74, 6) is -4.88. The van der Waals surface area contributed by atoms with Crippen LogP contribution in [0.1, 0.15) is 38.1 Å². The van der Waals surface area contributed by atoms with E-state index in [0.29, 0.717) is 17.8 Å². The molecule has 2 aromatic heterocycles. The molecule has 15 nitrogen and oxygen atoms in total. The lowest BCUT2D eigenvalue weighted by Gasteiger charge is -2.28. The Hall–Kier alpha value is -4.27. The van der Waals surface area contributed by atoms with Gasteiger partial charge in [0.15, 0.2) is 0 Å². The number of aromatic nitrogens is 4. The summed E-state index contributed by atoms with van der Waals surface area (Å²) in [5, 5.41) is 16.8. The summed E-state index contributed by atoms with van der Waals surface area (Å²) in [7, 11) is 0. The van der Waals surface area contributed by atoms with Gasteiger partial charge in [-0.2, -0.15) is 0 Å². The van der Waals surface area contributed by atoms with Gasteiger partial charge in [0, 0.05) is 36.6 Å². The van der Waals surface area contributed by atoms with Crippen molar-refractivity contribution in [3.63, 3.8) is 0 Å². The number of carbonyl (C=O) groups is 5. The SMILES string of the molecule is CCC(C)C(NC(=O)C(Cc1cnc[nH]1)NC(=O)C(N)Cc1cnc[nH]1)C(=O)NC(CC(N)=O)C(=O)O. The van der Waals surface area contributed by atoms with Crippen LogP contribution in [0.15, 0.2) is 25.0 Å². The Morgan fingerprint density at radius 1 is 0.919 bits per heavy atom. The van der Waals surface area contributed by atoms with Gasteiger partial charge >= 0.3 is 5.97 Å². The van der Waals surface area contributed by atoms with E-state index in [1.807, 2.05) is 0 Å². The molecule has 0 aliphatic carbocycles. The Morgan fingerprint density at radius 3 is 1.97 bits per heavy atom. The Bertz CT molecular complexity index is 1060. The molecule has 5 atom stereocenters. The number of carbonyl (C=O) groups excluding carboxylic acids is 4. The second-order valence-corrected chi connectivity index (χ2v) is 8.67. The minimum absolute atomic E-state index is 0.0165. The first-order chi connectivity index (χ1) is 17.5. The van der Waals surface area contributed by atoms with Gasteiger partial charge < -0.3 is 42.5 Å². The van der Waals surface area contributed by atoms with Crippen molar-refractivity contribution >= 4 is 29.6 Å². The lowest BCUT2D eigenvalue weighted by molar-refractivity contribution is -0.144. The molecule has 0 radical (unpaired) electrons. The van der Waals surface area contributed by atoms with Crippen molar-refractivity contribution in [3.05, 3.63) is 36.4 Å². The van der Waals surface area contributed by atoms with E-state index in [-0.39, 0.29) is 12.8 Å². The summed E-state index contributed by atoms with van der Waals surface area (Å²) in [6.45, 7) is 3.48. The van der Waals surface area contributed by atoms with Crippen LogP contribution in [0, 0.1) is 5.92 Å². The predicted octanol–water partition coefficient (Wildman–Crippen LogP) is -2.29. The van der Waals surface area contributed by atoms with E-state index in [1.165, 1.54) is 25.0 Å². The molecule has 0 aliphatic heterocycles. The minimum Gasteiger partial charge on any atom is -0.480 e. The molecule has 202 valence electrons. The van der Waals surface area contributed by atoms with Crippen molar-refractivity contribution in [1.82, 2.24) is 35.9 Å². The average Bonchev–Trinajstić information content (AvgIpc) is 3.54. The third-order valence-corrected chi connectivity index (χ3v) is 5.76. The summed E-state index contributed by atoms with van der Waals surface area (Å²) < 4.78 is 0. The van der Waals surface area contributed by atoms with Crippen molar-refractivity contribution in [3.8, 4) is 0 Å². The molecule has 5 unspecified atom stereocenters. The highest BCUT2D eigenvalue weighted by Gasteiger charge is 2.33. The number of imidazole rings is 2. The zero-order chi connectivity index (χ0) is 27.5. The number of rotatable bonds is 15. The first-order valence-corrected chi connectivity index (χ1v) is 11.6. The normalized spacial score (nSPS) is 15.0. The van der Waals surface area contributed by atoms with Crippen LogP contribution in [-0.2, 0) is 36.8 Å². The largest absolute Gasteiger partial charge is 0.480 e. The number of amides is 4. The van der Waals surface area contributed by atoms with Crippen LogP contribution in [0.3, 0.4) is 0 Å². The molecule has 0 aliphatic rings. The number of carboxylic acid groups (broad SMARTS) is 1. The number of H-pyrrole nitrogens is 2. The van der Waals surface area contributed by atoms with E-state index in [1.54, 1.807) is 13.8 Å². The predicted molar refractivity (Wildman–Crippen MR) is 129 cm³/mol. The van der Waals surface area contributed by atoms with Crippen LogP contribution in [-0.4, -0.2) is 78.8 Å². The number of primary amides is 1. The lowest BCUT2D eigenvalue weighted by atomic mass is 9.97. The van der Waals surface area contributed by atoms with Crippen LogP contribution < -0.4 is 27.4 Å². The fourth-order valence-corrected chi connectivity index (χ4v) is 3.45. The van der Waals surface area contributed by atoms with E-state index in [2.05, 4.69) is 35.9 Å². The van der Waals surface area contributed by atoms with Gasteiger partial charge in [-0.1, -0.05) is 20.3 Å². The number of aliphatic carboxylic acids is 1. The first kappa shape index (κ1) is 29.0. The highest BCUT2D eigenvalue weighted by Crippen LogP contribution is 2.10. The van der Waals surface area contributed by atoms with Crippen LogP contribution in [0.2, 0.25) is 0 Å². The van der Waals surface area contributed by atoms with Crippen LogP contribution >= 0.6 is 0 Å². The summed E-state index contributed by atoms with van der Waals surface area (Å²) in [5.41, 5.74) is 12.3. The molecule has 37 heavy (non-hydrogen) atoms. The third-order valence-electron chi connectivity index (χ3n) is 5.76. The number of nitrogens with two attached hydrogens (primary N) is 2. The van der Waals surface area contributed by atoms with Gasteiger partial charge in [0.1, 0.15) is 18.1 Å². The van der Waals surface area contributed by atoms with Gasteiger partial charge in [0.2, 0.25) is 23.6 Å². The molecule has 0 saturated heterocycles. The standard InChI is InChI=1S/C22H33N9O6/c1-3-11(2)18(21(35)30-16(22(36)37)6-17(24)32)31-20(34)15(5-13-8-26-10-28-13)29-19(33)14(23)4-12-7-25-9-27-12/h7-11,14-16,18H,3-6,23H2,1-2H3,(H2,24,32)(H,25,27)(H,26,28)(H,29,33)(H,30,35)(H,31,34)(H,36,37). The van der Waals surface area contributed by atoms with E-state index >= 15 is 0 Å². The summed E-state index contributed by atoms with van der Waals surface area (Å²) in [6.07, 6.45) is 5.88. The molecule has 0 fully saturated rings. The van der Waals surface area contributed by atoms with Crippen molar-refractivity contribution in [1.29, 1.82) is 0 Å². The van der Waals surface area contributed by atoms with E-state index in [9.17, 15) is 29.1 Å². The molecular weight excluding hydrogens is 486 g/mol. The second-order valence-electron chi connectivity index (χ2n) is 8.67. The molecule has 2 heterocycles. The Morgan fingerprint density at radius 2 is 1.49 bits per heavy atom. The summed E-state index contributed by atoms with van der Waals surface area (Å²) >= 11 is 0. The van der Waals surface area contributed by atoms with Crippen molar-refractivity contribution in [2.75, 3.05) is 0 Å². The number of hydrogen-bond acceptors (Lipinski definition) is 8. The number of hydrogen-bond donors (Lipinski definition) is 8. The van der Waals surface area contributed by atoms with Crippen molar-refractivity contribution in [2.45, 2.75) is 63.7 Å². The monoisotopic (exact) mass is 519 g/mol. The second kappa shape index (κ2) is 13.7. The maximum atomic E-state index is 13.3. The summed E-state index contributed by atoms with van der Waals surface area (Å²) in [4.78, 5) is 75.2. The molecule has 4 amide bonds. The Balaban J connectivity index is 2.18. The summed E-state index contributed by atoms with van der Waals surface area (Å²) in [6, 6.07) is -4.85. The third kappa shape index (κ3) is 9.03. The lowest BCUT2D eigenvalue weighted by Crippen LogP contribution is -2.59. The fourth-order valence-electron chi connectivity index (χ4n) is 3.45. The highest BCUT2D eigenvalue weighted by molar-refractivity contribution is 5.95. The van der Waals surface area contributed by atoms with Crippen molar-refractivity contribution in [2.24, 2.45) is 17.4 Å². The van der Waals surface area contributed by atoms with Gasteiger partial charge in [-0.15, -0.1) is 0 Å². The van der Waals surface area contributed by atoms with Gasteiger partial charge in [-0.25, -0.2) is 14.8 Å². The molecule has 0 saturated carbocycles. The highest BCUT2D eigenvalue weighted by atomic mass is 16.4. The van der Waals surface area contributed by atoms with Gasteiger partial charge in [0.25, 0.3) is 0 Å². The Labute approximate surface area is 212 Å². The number of nitrogens with one attached hydrogen (secondary N) is 5. The zero-order valence-electron chi connectivity index (χ0n) is 20.6. The van der Waals surface area contributed by atoms with Crippen LogP contribution in [0.4, 0.5) is 0 Å². The molecule has 0 aromatic carbocycles. The molecule has 2 rings (SSSR count). The maximum Gasteiger partial charge on any atom is 0.326 e. The van der Waals surface area contributed by atoms with Gasteiger partial charge in [0.05, 0.1) is 25.1 Å². The van der Waals surface area contributed by atoms with Crippen LogP contribution in [0.5, 0.6) is 0 Å². The van der Waals surface area contributed by atoms with Crippen LogP contribution in [0.25, 0.3) is 0 Å². The van der Waals surface area contributed by atoms with Gasteiger partial charge in [-0.3, -0.25) is 19.2 Å². The number of nitrogens with zero attached hydrogens (tertiary/aromatic N) is 2. The number of carboxylic acids is 1. The molecule has 2 aromatic rings. The molecule has 0 spiro atoms. The minimum atomic E-state index is -1.56. The molecule has 10 N–H and O–H groups in total. The fraction of sp³-hybridized carbons (Fsp3) is 0.500.